The van der Waals surface area contributed by atoms with Crippen molar-refractivity contribution < 1.29 is 14.1 Å². The molecule has 0 aromatic heterocycles. The summed E-state index contributed by atoms with van der Waals surface area (Å²) in [6.45, 7) is 0. The molecule has 19 heavy (non-hydrogen) atoms. The summed E-state index contributed by atoms with van der Waals surface area (Å²) in [5, 5.41) is 10.9. The predicted octanol–water partition coefficient (Wildman–Crippen LogP) is 4.89. The molecule has 7 heteroatoms. The highest BCUT2D eigenvalue weighted by molar-refractivity contribution is 14.1. The summed E-state index contributed by atoms with van der Waals surface area (Å²) in [5.74, 6) is -0.268. The highest BCUT2D eigenvalue weighted by atomic mass is 127. The zero-order valence-electron chi connectivity index (χ0n) is 9.27. The molecule has 0 saturated carbocycles. The Kier molecular flexibility index (Phi) is 4.35. The average Bonchev–Trinajstić information content (AvgIpc) is 2.33. The average molecular weight is 438 g/mol. The van der Waals surface area contributed by atoms with Crippen LogP contribution in [-0.2, 0) is 0 Å². The molecule has 4 nitrogen and oxygen atoms in total. The van der Waals surface area contributed by atoms with Gasteiger partial charge in [0.15, 0.2) is 0 Å². The molecule has 0 aliphatic heterocycles. The molecule has 98 valence electrons. The summed E-state index contributed by atoms with van der Waals surface area (Å²) in [7, 11) is 0. The van der Waals surface area contributed by atoms with Crippen LogP contribution in [0.15, 0.2) is 40.9 Å². The molecule has 2 aromatic rings. The van der Waals surface area contributed by atoms with Gasteiger partial charge >= 0.3 is 5.69 Å². The first-order chi connectivity index (χ1) is 8.97. The Morgan fingerprint density at radius 1 is 1.32 bits per heavy atom. The summed E-state index contributed by atoms with van der Waals surface area (Å²) < 4.78 is 19.8. The number of benzene rings is 2. The standard InChI is InChI=1S/C12H6BrFINO3/c13-9-5-12(11(16(17)18)6-10(9)14)19-8-3-1-2-7(15)4-8/h1-6H. The molecule has 2 aromatic carbocycles. The molecule has 0 aliphatic rings. The number of nitro groups is 1. The van der Waals surface area contributed by atoms with Crippen LogP contribution in [0.1, 0.15) is 0 Å². The molecule has 0 saturated heterocycles. The fraction of sp³-hybridized carbons (Fsp3) is 0. The summed E-state index contributed by atoms with van der Waals surface area (Å²) in [6.07, 6.45) is 0. The number of halogens is 3. The zero-order valence-corrected chi connectivity index (χ0v) is 13.0. The second kappa shape index (κ2) is 5.83. The van der Waals surface area contributed by atoms with Crippen LogP contribution in [0.3, 0.4) is 0 Å². The molecule has 0 radical (unpaired) electrons. The van der Waals surface area contributed by atoms with E-state index >= 15 is 0 Å². The topological polar surface area (TPSA) is 52.4 Å². The van der Waals surface area contributed by atoms with Crippen molar-refractivity contribution in [3.05, 3.63) is 60.4 Å². The highest BCUT2D eigenvalue weighted by Crippen LogP contribution is 2.35. The maximum Gasteiger partial charge on any atom is 0.314 e. The van der Waals surface area contributed by atoms with Crippen molar-refractivity contribution in [2.45, 2.75) is 0 Å². The van der Waals surface area contributed by atoms with Crippen LogP contribution in [0, 0.1) is 19.5 Å². The largest absolute Gasteiger partial charge is 0.450 e. The third-order valence-corrected chi connectivity index (χ3v) is 3.50. The quantitative estimate of drug-likeness (QED) is 0.390. The number of rotatable bonds is 3. The molecule has 0 unspecified atom stereocenters. The first kappa shape index (κ1) is 14.2. The van der Waals surface area contributed by atoms with E-state index in [0.717, 1.165) is 9.64 Å². The van der Waals surface area contributed by atoms with Gasteiger partial charge in [-0.15, -0.1) is 0 Å². The lowest BCUT2D eigenvalue weighted by Crippen LogP contribution is -1.95. The Labute approximate surface area is 130 Å². The molecule has 0 bridgehead atoms. The van der Waals surface area contributed by atoms with Gasteiger partial charge in [-0.3, -0.25) is 10.1 Å². The van der Waals surface area contributed by atoms with Gasteiger partial charge in [0.1, 0.15) is 11.6 Å². The second-order valence-electron chi connectivity index (χ2n) is 3.55. The molecule has 2 rings (SSSR count). The number of nitrogens with zero attached hydrogens (tertiary/aromatic N) is 1. The first-order valence-corrected chi connectivity index (χ1v) is 6.91. The van der Waals surface area contributed by atoms with Crippen molar-refractivity contribution in [1.82, 2.24) is 0 Å². The molecule has 0 amide bonds. The third kappa shape index (κ3) is 3.41. The van der Waals surface area contributed by atoms with E-state index in [2.05, 4.69) is 38.5 Å². The van der Waals surface area contributed by atoms with Gasteiger partial charge in [0.05, 0.1) is 15.5 Å². The van der Waals surface area contributed by atoms with E-state index in [1.807, 2.05) is 6.07 Å². The van der Waals surface area contributed by atoms with Crippen LogP contribution in [-0.4, -0.2) is 4.92 Å². The highest BCUT2D eigenvalue weighted by Gasteiger charge is 2.19. The minimum atomic E-state index is -0.707. The molecular formula is C12H6BrFINO3. The number of hydrogen-bond donors (Lipinski definition) is 0. The monoisotopic (exact) mass is 437 g/mol. The summed E-state index contributed by atoms with van der Waals surface area (Å²) in [6, 6.07) is 9.09. The van der Waals surface area contributed by atoms with Crippen LogP contribution < -0.4 is 4.74 Å². The smallest absolute Gasteiger partial charge is 0.314 e. The van der Waals surface area contributed by atoms with Crippen molar-refractivity contribution in [3.63, 3.8) is 0 Å². The molecular weight excluding hydrogens is 432 g/mol. The van der Waals surface area contributed by atoms with Crippen molar-refractivity contribution in [1.29, 1.82) is 0 Å². The molecule has 0 spiro atoms. The van der Waals surface area contributed by atoms with Gasteiger partial charge in [-0.2, -0.15) is 0 Å². The SMILES string of the molecule is O=[N+]([O-])c1cc(F)c(Br)cc1Oc1cccc(I)c1. The summed E-state index contributed by atoms with van der Waals surface area (Å²) in [5.41, 5.74) is -0.417. The van der Waals surface area contributed by atoms with E-state index in [1.54, 1.807) is 18.2 Å². The summed E-state index contributed by atoms with van der Waals surface area (Å²) in [4.78, 5) is 10.2. The molecule has 0 heterocycles. The van der Waals surface area contributed by atoms with E-state index in [1.165, 1.54) is 6.07 Å². The van der Waals surface area contributed by atoms with Gasteiger partial charge in [-0.25, -0.2) is 4.39 Å². The zero-order chi connectivity index (χ0) is 14.0. The van der Waals surface area contributed by atoms with Gasteiger partial charge in [-0.1, -0.05) is 6.07 Å². The van der Waals surface area contributed by atoms with E-state index in [4.69, 9.17) is 4.74 Å². The van der Waals surface area contributed by atoms with E-state index in [-0.39, 0.29) is 10.2 Å². The van der Waals surface area contributed by atoms with E-state index in [0.29, 0.717) is 5.75 Å². The van der Waals surface area contributed by atoms with Crippen LogP contribution in [0.2, 0.25) is 0 Å². The Morgan fingerprint density at radius 3 is 2.68 bits per heavy atom. The lowest BCUT2D eigenvalue weighted by atomic mass is 10.3. The number of hydrogen-bond acceptors (Lipinski definition) is 3. The Morgan fingerprint density at radius 2 is 2.05 bits per heavy atom. The number of ether oxygens (including phenoxy) is 1. The lowest BCUT2D eigenvalue weighted by molar-refractivity contribution is -0.385. The predicted molar refractivity (Wildman–Crippen MR) is 80.0 cm³/mol. The molecule has 0 fully saturated rings. The fourth-order valence-electron chi connectivity index (χ4n) is 1.40. The Balaban J connectivity index is 2.44. The number of nitro benzene ring substituents is 1. The Hall–Kier alpha value is -1.22. The van der Waals surface area contributed by atoms with E-state index in [9.17, 15) is 14.5 Å². The molecule has 0 aliphatic carbocycles. The molecule has 0 N–H and O–H groups in total. The van der Waals surface area contributed by atoms with Crippen molar-refractivity contribution >= 4 is 44.2 Å². The van der Waals surface area contributed by atoms with Crippen LogP contribution in [0.25, 0.3) is 0 Å². The van der Waals surface area contributed by atoms with Gasteiger partial charge in [0, 0.05) is 9.64 Å². The third-order valence-electron chi connectivity index (χ3n) is 2.22. The first-order valence-electron chi connectivity index (χ1n) is 5.04. The van der Waals surface area contributed by atoms with Crippen LogP contribution in [0.4, 0.5) is 10.1 Å². The maximum atomic E-state index is 13.3. The van der Waals surface area contributed by atoms with Gasteiger partial charge in [0.25, 0.3) is 0 Å². The van der Waals surface area contributed by atoms with Crippen molar-refractivity contribution in [2.75, 3.05) is 0 Å². The normalized spacial score (nSPS) is 10.3. The Bertz CT molecular complexity index is 651. The van der Waals surface area contributed by atoms with E-state index < -0.39 is 16.4 Å². The minimum absolute atomic E-state index is 0.0136. The lowest BCUT2D eigenvalue weighted by Gasteiger charge is -2.07. The van der Waals surface area contributed by atoms with Gasteiger partial charge in [0.2, 0.25) is 5.75 Å². The van der Waals surface area contributed by atoms with Gasteiger partial charge < -0.3 is 4.74 Å². The van der Waals surface area contributed by atoms with Crippen molar-refractivity contribution in [2.24, 2.45) is 0 Å². The van der Waals surface area contributed by atoms with Crippen molar-refractivity contribution in [3.8, 4) is 11.5 Å². The van der Waals surface area contributed by atoms with Gasteiger partial charge in [-0.05, 0) is 56.7 Å². The van der Waals surface area contributed by atoms with Crippen LogP contribution in [0.5, 0.6) is 11.5 Å². The van der Waals surface area contributed by atoms with Crippen LogP contribution >= 0.6 is 38.5 Å². The molecule has 0 atom stereocenters. The fourth-order valence-corrected chi connectivity index (χ4v) is 2.24. The minimum Gasteiger partial charge on any atom is -0.450 e. The summed E-state index contributed by atoms with van der Waals surface area (Å²) >= 11 is 5.08. The second-order valence-corrected chi connectivity index (χ2v) is 5.65. The maximum absolute atomic E-state index is 13.3.